The molecule has 0 aromatic heterocycles. The number of methoxy groups -OCH3 is 1. The minimum atomic E-state index is -0.793. The molecule has 11 aliphatic rings. The molecule has 372 valence electrons. The Bertz CT molecular complexity index is 2240. The number of carbonyl (C=O) groups is 2. The first-order valence-electron chi connectivity index (χ1n) is 26.3. The van der Waals surface area contributed by atoms with E-state index >= 15 is 0 Å². The molecule has 1 aliphatic carbocycles. The van der Waals surface area contributed by atoms with E-state index in [0.29, 0.717) is 38.5 Å². The predicted octanol–water partition coefficient (Wildman–Crippen LogP) is 8.29. The Kier molecular flexibility index (Phi) is 12.7. The van der Waals surface area contributed by atoms with Gasteiger partial charge in [-0.2, -0.15) is 0 Å². The monoisotopic (exact) mass is 949 g/mol. The van der Waals surface area contributed by atoms with Gasteiger partial charge >= 0.3 is 6.09 Å². The van der Waals surface area contributed by atoms with E-state index in [0.717, 1.165) is 56.1 Å². The topological polar surface area (TPSA) is 138 Å². The van der Waals surface area contributed by atoms with Crippen molar-refractivity contribution in [1.82, 2.24) is 5.32 Å². The maximum atomic E-state index is 14.4. The molecule has 10 fully saturated rings. The molecular weight excluding hydrogens is 879 g/mol. The molecule has 10 aliphatic heterocycles. The molecule has 10 saturated heterocycles. The summed E-state index contributed by atoms with van der Waals surface area (Å²) in [4.78, 5) is 27.7. The lowest BCUT2D eigenvalue weighted by Crippen LogP contribution is -2.61. The number of nitrogens with one attached hydrogen (secondary N) is 1. The first-order valence-corrected chi connectivity index (χ1v) is 26.3. The fourth-order valence-corrected chi connectivity index (χ4v) is 14.3. The van der Waals surface area contributed by atoms with Gasteiger partial charge in [-0.1, -0.05) is 75.5 Å². The van der Waals surface area contributed by atoms with Gasteiger partial charge in [0, 0.05) is 58.1 Å². The number of fused-ring (bicyclic) bond motifs is 9. The molecule has 1 unspecified atom stereocenters. The van der Waals surface area contributed by atoms with E-state index in [1.165, 1.54) is 22.3 Å². The largest absolute Gasteiger partial charge is 0.449 e. The van der Waals surface area contributed by atoms with Gasteiger partial charge in [-0.3, -0.25) is 4.79 Å². The van der Waals surface area contributed by atoms with Crippen molar-refractivity contribution in [3.05, 3.63) is 84.0 Å². The van der Waals surface area contributed by atoms with Crippen LogP contribution in [0.5, 0.6) is 0 Å². The Balaban J connectivity index is 0.744. The first-order chi connectivity index (χ1) is 33.5. The number of rotatable bonds is 7. The van der Waals surface area contributed by atoms with Gasteiger partial charge in [-0.05, 0) is 96.1 Å². The van der Waals surface area contributed by atoms with Gasteiger partial charge in [-0.25, -0.2) is 4.79 Å². The van der Waals surface area contributed by atoms with Crippen LogP contribution < -0.4 is 5.32 Å². The Morgan fingerprint density at radius 1 is 0.739 bits per heavy atom. The standard InChI is InChI=1S/C56H71NO12/c1-29-20-34-14-16-44-30(2)21-36(62-44)18-19-56-26-49-51(68-56)52-53(67-49)54(69-56)50-45(66-52)17-15-35(64-50)22-33(58)23-42-32(4)46(65-48(42)25-47(63-34)31(29)3)24-37(60-5)27-57-55(59)61-28-43-40-12-8-6-10-38(40)39-11-7-9-13-41(39)43/h6-13,29,32,34-37,42-54H,2-3,14-28H2,1,4-5H3,(H,57,59)/t29-,32-,34+,35-,36+,37+,42-,44+,45+,46-,47-,48+,49-,50+,51+,52+,53?,54+,56+/m1/s1. The number of Topliss-reactive ketones (excluding diaryl/α,β-unsaturated/α-hetero) is 1. The van der Waals surface area contributed by atoms with Gasteiger partial charge in [0.2, 0.25) is 0 Å². The number of alkyl carbamates (subject to hydrolysis) is 1. The average Bonchev–Trinajstić information content (AvgIpc) is 4.09. The molecule has 1 spiro atoms. The Morgan fingerprint density at radius 2 is 1.45 bits per heavy atom. The first kappa shape index (κ1) is 46.6. The summed E-state index contributed by atoms with van der Waals surface area (Å²) in [5.74, 6) is -0.437. The number of amides is 1. The summed E-state index contributed by atoms with van der Waals surface area (Å²) < 4.78 is 66.8. The minimum Gasteiger partial charge on any atom is -0.449 e. The Labute approximate surface area is 406 Å². The van der Waals surface area contributed by atoms with E-state index in [9.17, 15) is 9.59 Å². The smallest absolute Gasteiger partial charge is 0.407 e. The zero-order valence-corrected chi connectivity index (χ0v) is 40.5. The molecule has 69 heavy (non-hydrogen) atoms. The van der Waals surface area contributed by atoms with Crippen LogP contribution in [0, 0.1) is 17.8 Å². The number of benzene rings is 2. The molecule has 1 N–H and O–H groups in total. The fourth-order valence-electron chi connectivity index (χ4n) is 14.3. The second kappa shape index (κ2) is 18.8. The number of ketones is 1. The highest BCUT2D eigenvalue weighted by atomic mass is 16.8. The van der Waals surface area contributed by atoms with Crippen LogP contribution in [0.15, 0.2) is 72.8 Å². The molecule has 19 atom stereocenters. The summed E-state index contributed by atoms with van der Waals surface area (Å²) in [5.41, 5.74) is 6.92. The van der Waals surface area contributed by atoms with Crippen molar-refractivity contribution < 1.29 is 57.0 Å². The van der Waals surface area contributed by atoms with Gasteiger partial charge in [0.05, 0.1) is 61.0 Å². The molecule has 13 heteroatoms. The summed E-state index contributed by atoms with van der Waals surface area (Å²) >= 11 is 0. The van der Waals surface area contributed by atoms with Crippen LogP contribution in [0.4, 0.5) is 4.79 Å². The number of hydrogen-bond acceptors (Lipinski definition) is 12. The average molecular weight is 950 g/mol. The molecule has 13 nitrogen and oxygen atoms in total. The summed E-state index contributed by atoms with van der Waals surface area (Å²) in [7, 11) is 1.67. The molecule has 10 heterocycles. The third kappa shape index (κ3) is 8.77. The summed E-state index contributed by atoms with van der Waals surface area (Å²) in [6.07, 6.45) is 5.61. The van der Waals surface area contributed by atoms with Gasteiger partial charge < -0.3 is 52.7 Å². The summed E-state index contributed by atoms with van der Waals surface area (Å²) in [6, 6.07) is 16.6. The number of carbonyl (C=O) groups excluding carboxylic acids is 2. The lowest BCUT2D eigenvalue weighted by atomic mass is 9.78. The highest BCUT2D eigenvalue weighted by molar-refractivity contribution is 5.80. The second-order valence-electron chi connectivity index (χ2n) is 22.3. The molecule has 2 aromatic rings. The quantitative estimate of drug-likeness (QED) is 0.268. The van der Waals surface area contributed by atoms with E-state index in [1.807, 2.05) is 24.3 Å². The summed E-state index contributed by atoms with van der Waals surface area (Å²) in [6.45, 7) is 14.0. The van der Waals surface area contributed by atoms with Crippen molar-refractivity contribution in [2.75, 3.05) is 20.3 Å². The van der Waals surface area contributed by atoms with Gasteiger partial charge in [0.15, 0.2) is 5.79 Å². The highest BCUT2D eigenvalue weighted by Crippen LogP contribution is 2.55. The molecular formula is C56H71NO12. The van der Waals surface area contributed by atoms with E-state index < -0.39 is 11.9 Å². The van der Waals surface area contributed by atoms with E-state index in [2.05, 4.69) is 56.6 Å². The molecule has 2 aromatic carbocycles. The SMILES string of the molecule is C=C1C[C@@H]2CC[C@@]34C[C@H]5OC6[C@@H](O[C@H]7CC[C@H](CC(=O)C[C@@H]8[C@@H](C)[C@@H](C[C@@H](CNC(=O)OCC9c%10ccccc%10-c%10ccccc%109)OC)O[C@H]8C[C@H]8O[C@@H](CC[C@@H]1O2)C[C@@H](C)C8=C)O[C@@H]7[C@@H]6O3)[C@H]5O4. The number of hydrogen-bond donors (Lipinski definition) is 1. The van der Waals surface area contributed by atoms with Crippen LogP contribution in [-0.2, 0) is 52.2 Å². The van der Waals surface area contributed by atoms with Crippen molar-refractivity contribution >= 4 is 11.9 Å². The van der Waals surface area contributed by atoms with Crippen LogP contribution in [0.25, 0.3) is 11.1 Å². The van der Waals surface area contributed by atoms with E-state index in [1.54, 1.807) is 7.11 Å². The zero-order valence-electron chi connectivity index (χ0n) is 40.5. The third-order valence-corrected chi connectivity index (χ3v) is 18.0. The highest BCUT2D eigenvalue weighted by Gasteiger charge is 2.69. The zero-order chi connectivity index (χ0) is 47.1. The van der Waals surface area contributed by atoms with Gasteiger partial charge in [0.25, 0.3) is 0 Å². The van der Waals surface area contributed by atoms with Gasteiger partial charge in [0.1, 0.15) is 42.9 Å². The molecule has 1 amide bonds. The van der Waals surface area contributed by atoms with Crippen molar-refractivity contribution in [3.63, 3.8) is 0 Å². The minimum absolute atomic E-state index is 0.0232. The van der Waals surface area contributed by atoms with Crippen molar-refractivity contribution in [3.8, 4) is 11.1 Å². The maximum absolute atomic E-state index is 14.4. The van der Waals surface area contributed by atoms with Crippen LogP contribution in [0.1, 0.15) is 114 Å². The summed E-state index contributed by atoms with van der Waals surface area (Å²) in [5, 5.41) is 2.98. The van der Waals surface area contributed by atoms with Crippen molar-refractivity contribution in [2.24, 2.45) is 17.8 Å². The lowest BCUT2D eigenvalue weighted by molar-refractivity contribution is -0.292. The maximum Gasteiger partial charge on any atom is 0.407 e. The number of ether oxygens (including phenoxy) is 10. The second-order valence-corrected chi connectivity index (χ2v) is 22.3. The molecule has 12 bridgehead atoms. The van der Waals surface area contributed by atoms with Crippen LogP contribution >= 0.6 is 0 Å². The van der Waals surface area contributed by atoms with Crippen LogP contribution in [-0.4, -0.2) is 129 Å². The van der Waals surface area contributed by atoms with Gasteiger partial charge in [-0.15, -0.1) is 0 Å². The van der Waals surface area contributed by atoms with E-state index in [4.69, 9.17) is 47.4 Å². The van der Waals surface area contributed by atoms with Crippen LogP contribution in [0.2, 0.25) is 0 Å². The van der Waals surface area contributed by atoms with Crippen LogP contribution in [0.3, 0.4) is 0 Å². The molecule has 13 rings (SSSR count). The molecule has 0 saturated carbocycles. The molecule has 0 radical (unpaired) electrons. The Morgan fingerprint density at radius 3 is 2.25 bits per heavy atom. The fraction of sp³-hybridized carbons (Fsp3) is 0.679. The Hall–Kier alpha value is -3.50. The lowest BCUT2D eigenvalue weighted by Gasteiger charge is -2.47. The normalized spacial score (nSPS) is 42.9. The van der Waals surface area contributed by atoms with Crippen molar-refractivity contribution in [1.29, 1.82) is 0 Å². The van der Waals surface area contributed by atoms with Crippen molar-refractivity contribution in [2.45, 2.75) is 201 Å². The van der Waals surface area contributed by atoms with E-state index in [-0.39, 0.29) is 134 Å². The third-order valence-electron chi connectivity index (χ3n) is 18.0. The predicted molar refractivity (Wildman–Crippen MR) is 253 cm³/mol.